The van der Waals surface area contributed by atoms with Gasteiger partial charge in [0.25, 0.3) is 5.91 Å². The van der Waals surface area contributed by atoms with E-state index in [9.17, 15) is 25.2 Å². The summed E-state index contributed by atoms with van der Waals surface area (Å²) < 4.78 is 17.7. The number of carbonyl (C=O) groups is 1. The fourth-order valence-corrected chi connectivity index (χ4v) is 7.24. The van der Waals surface area contributed by atoms with Gasteiger partial charge in [0.1, 0.15) is 11.9 Å². The third-order valence-corrected chi connectivity index (χ3v) is 10.4. The first kappa shape index (κ1) is 40.5. The van der Waals surface area contributed by atoms with Crippen LogP contribution in [-0.2, 0) is 31.3 Å². The van der Waals surface area contributed by atoms with E-state index in [0.717, 1.165) is 79.5 Å². The molecule has 4 aromatic carbocycles. The lowest BCUT2D eigenvalue weighted by Gasteiger charge is -2.28. The monoisotopic (exact) mass is 767 g/mol. The molecule has 2 atom stereocenters. The van der Waals surface area contributed by atoms with Crippen molar-refractivity contribution in [3.8, 4) is 17.2 Å². The normalized spacial score (nSPS) is 16.0. The molecule has 1 amide bonds. The average molecular weight is 768 g/mol. The number of oxime groups is 1. The van der Waals surface area contributed by atoms with Crippen LogP contribution in [0.2, 0.25) is 0 Å². The summed E-state index contributed by atoms with van der Waals surface area (Å²) >= 11 is 0. The first-order valence-electron chi connectivity index (χ1n) is 19.5. The minimum atomic E-state index is -0.385. The minimum Gasteiger partial charge on any atom is -0.493 e. The van der Waals surface area contributed by atoms with Crippen LogP contribution in [0.3, 0.4) is 0 Å². The highest BCUT2D eigenvalue weighted by atomic mass is 16.6. The Kier molecular flexibility index (Phi) is 14.6. The van der Waals surface area contributed by atoms with Gasteiger partial charge in [-0.05, 0) is 95.3 Å². The number of anilines is 1. The quantitative estimate of drug-likeness (QED) is 0.0487. The third-order valence-electron chi connectivity index (χ3n) is 10.4. The van der Waals surface area contributed by atoms with Crippen molar-refractivity contribution in [2.45, 2.75) is 96.5 Å². The van der Waals surface area contributed by atoms with E-state index < -0.39 is 0 Å². The standard InChI is InChI=1S/C44H53N3O9/c1-53-40-17-14-29(38-24-41(56-47-38)31-21-32(25-48)36(28-51)33(22-31)26-49)23-42(40)55-19-11-7-5-3-2-4-6-10-18-54-39-16-15-30(20-34(39)27-50)43-45-37-13-9-8-12-35(37)44(52)46-43/h8-9,12-17,20-23,41,43,45,48-51H,2-7,10-11,18-19,24-28H2,1H3,(H,46,52). The van der Waals surface area contributed by atoms with Gasteiger partial charge in [0.2, 0.25) is 0 Å². The zero-order valence-electron chi connectivity index (χ0n) is 32.0. The van der Waals surface area contributed by atoms with Gasteiger partial charge < -0.3 is 50.1 Å². The molecule has 0 saturated carbocycles. The van der Waals surface area contributed by atoms with Gasteiger partial charge in [-0.25, -0.2) is 0 Å². The maximum atomic E-state index is 12.6. The van der Waals surface area contributed by atoms with Crippen LogP contribution in [0.25, 0.3) is 0 Å². The topological polar surface area (TPSA) is 171 Å². The number of amides is 1. The molecule has 298 valence electrons. The maximum absolute atomic E-state index is 12.6. The Morgan fingerprint density at radius 1 is 0.679 bits per heavy atom. The number of nitrogens with one attached hydrogen (secondary N) is 2. The Labute approximate surface area is 328 Å². The number of hydrogen-bond donors (Lipinski definition) is 6. The molecule has 2 aliphatic heterocycles. The lowest BCUT2D eigenvalue weighted by Crippen LogP contribution is -2.38. The molecule has 0 fully saturated rings. The molecule has 0 saturated heterocycles. The van der Waals surface area contributed by atoms with Crippen LogP contribution in [0.5, 0.6) is 17.2 Å². The Morgan fingerprint density at radius 3 is 1.96 bits per heavy atom. The van der Waals surface area contributed by atoms with Gasteiger partial charge in [-0.15, -0.1) is 0 Å². The second-order valence-electron chi connectivity index (χ2n) is 14.1. The SMILES string of the molecule is COc1ccc(C2=NOC(c3cc(CO)c(CO)c(CO)c3)C2)cc1OCCCCCCCCCCOc1ccc(C2NC(=O)c3ccccc3N2)cc1CO. The van der Waals surface area contributed by atoms with Gasteiger partial charge in [-0.1, -0.05) is 61.9 Å². The molecule has 6 rings (SSSR count). The van der Waals surface area contributed by atoms with Crippen LogP contribution in [-0.4, -0.2) is 52.4 Å². The highest BCUT2D eigenvalue weighted by Gasteiger charge is 2.27. The Hall–Kier alpha value is -5.14. The van der Waals surface area contributed by atoms with Crippen molar-refractivity contribution in [3.05, 3.63) is 117 Å². The fourth-order valence-electron chi connectivity index (χ4n) is 7.24. The van der Waals surface area contributed by atoms with E-state index in [1.807, 2.05) is 54.6 Å². The molecule has 4 aromatic rings. The lowest BCUT2D eigenvalue weighted by molar-refractivity contribution is 0.0853. The van der Waals surface area contributed by atoms with Crippen LogP contribution in [0.4, 0.5) is 5.69 Å². The Morgan fingerprint density at radius 2 is 1.30 bits per heavy atom. The predicted octanol–water partition coefficient (Wildman–Crippen LogP) is 6.96. The molecule has 0 radical (unpaired) electrons. The van der Waals surface area contributed by atoms with E-state index in [0.29, 0.717) is 64.7 Å². The Balaban J connectivity index is 0.860. The summed E-state index contributed by atoms with van der Waals surface area (Å²) in [6.45, 7) is 0.236. The summed E-state index contributed by atoms with van der Waals surface area (Å²) in [7, 11) is 1.62. The van der Waals surface area contributed by atoms with Crippen molar-refractivity contribution in [3.63, 3.8) is 0 Å². The van der Waals surface area contributed by atoms with E-state index in [-0.39, 0.29) is 44.6 Å². The number of methoxy groups -OCH3 is 1. The molecular formula is C44H53N3O9. The van der Waals surface area contributed by atoms with Crippen LogP contribution in [0.1, 0.15) is 119 Å². The van der Waals surface area contributed by atoms with Crippen LogP contribution >= 0.6 is 0 Å². The lowest BCUT2D eigenvalue weighted by atomic mass is 9.93. The third kappa shape index (κ3) is 9.99. The number of aliphatic hydroxyl groups excluding tert-OH is 4. The average Bonchev–Trinajstić information content (AvgIpc) is 3.74. The number of unbranched alkanes of at least 4 members (excludes halogenated alkanes) is 7. The van der Waals surface area contributed by atoms with E-state index in [1.54, 1.807) is 25.3 Å². The molecule has 12 heteroatoms. The summed E-state index contributed by atoms with van der Waals surface area (Å²) in [5, 5.41) is 50.0. The largest absolute Gasteiger partial charge is 0.493 e. The first-order chi connectivity index (χ1) is 27.5. The van der Waals surface area contributed by atoms with Gasteiger partial charge in [0, 0.05) is 23.2 Å². The van der Waals surface area contributed by atoms with Crippen molar-refractivity contribution < 1.29 is 44.3 Å². The number of benzene rings is 4. The fraction of sp³-hybridized carbons (Fsp3) is 0.409. The smallest absolute Gasteiger partial charge is 0.255 e. The number of hydrogen-bond acceptors (Lipinski definition) is 11. The predicted molar refractivity (Wildman–Crippen MR) is 213 cm³/mol. The highest BCUT2D eigenvalue weighted by Crippen LogP contribution is 2.35. The molecule has 2 unspecified atom stereocenters. The zero-order valence-corrected chi connectivity index (χ0v) is 32.0. The molecule has 0 bridgehead atoms. The molecule has 0 aromatic heterocycles. The number of carbonyl (C=O) groups excluding carboxylic acids is 1. The van der Waals surface area contributed by atoms with Gasteiger partial charge in [0.15, 0.2) is 17.6 Å². The van der Waals surface area contributed by atoms with E-state index in [1.165, 1.54) is 0 Å². The second kappa shape index (κ2) is 20.1. The molecule has 0 spiro atoms. The summed E-state index contributed by atoms with van der Waals surface area (Å²) in [4.78, 5) is 18.3. The number of aliphatic hydroxyl groups is 4. The van der Waals surface area contributed by atoms with E-state index in [2.05, 4.69) is 15.8 Å². The summed E-state index contributed by atoms with van der Waals surface area (Å²) in [5.74, 6) is 1.83. The summed E-state index contributed by atoms with van der Waals surface area (Å²) in [6.07, 6.45) is 8.34. The molecule has 2 heterocycles. The number of fused-ring (bicyclic) bond motifs is 1. The molecule has 6 N–H and O–H groups in total. The van der Waals surface area contributed by atoms with E-state index >= 15 is 0 Å². The molecule has 2 aliphatic rings. The van der Waals surface area contributed by atoms with E-state index in [4.69, 9.17) is 19.0 Å². The second-order valence-corrected chi connectivity index (χ2v) is 14.1. The van der Waals surface area contributed by atoms with Crippen molar-refractivity contribution in [2.75, 3.05) is 25.6 Å². The minimum absolute atomic E-state index is 0.131. The molecule has 56 heavy (non-hydrogen) atoms. The van der Waals surface area contributed by atoms with Crippen molar-refractivity contribution >= 4 is 17.3 Å². The highest BCUT2D eigenvalue weighted by molar-refractivity contribution is 6.02. The molecule has 12 nitrogen and oxygen atoms in total. The van der Waals surface area contributed by atoms with Gasteiger partial charge in [-0.2, -0.15) is 0 Å². The summed E-state index contributed by atoms with van der Waals surface area (Å²) in [6, 6.07) is 22.4. The van der Waals surface area contributed by atoms with Gasteiger partial charge >= 0.3 is 0 Å². The van der Waals surface area contributed by atoms with Crippen molar-refractivity contribution in [2.24, 2.45) is 5.16 Å². The first-order valence-corrected chi connectivity index (χ1v) is 19.5. The number of rotatable bonds is 21. The Bertz CT molecular complexity index is 1940. The number of nitrogens with zero attached hydrogens (tertiary/aromatic N) is 1. The van der Waals surface area contributed by atoms with Crippen LogP contribution in [0.15, 0.2) is 78.0 Å². The number of ether oxygens (including phenoxy) is 3. The van der Waals surface area contributed by atoms with Crippen molar-refractivity contribution in [1.29, 1.82) is 0 Å². The molecule has 0 aliphatic carbocycles. The van der Waals surface area contributed by atoms with Crippen molar-refractivity contribution in [1.82, 2.24) is 5.32 Å². The number of para-hydroxylation sites is 1. The van der Waals surface area contributed by atoms with Gasteiger partial charge in [0.05, 0.1) is 58.0 Å². The van der Waals surface area contributed by atoms with Gasteiger partial charge in [-0.3, -0.25) is 4.79 Å². The maximum Gasteiger partial charge on any atom is 0.255 e. The zero-order chi connectivity index (χ0) is 39.3. The van der Waals surface area contributed by atoms with Crippen LogP contribution in [0, 0.1) is 0 Å². The molecular weight excluding hydrogens is 714 g/mol. The van der Waals surface area contributed by atoms with Crippen LogP contribution < -0.4 is 24.8 Å². The summed E-state index contributed by atoms with van der Waals surface area (Å²) in [5.41, 5.74) is 7.00.